The van der Waals surface area contributed by atoms with Crippen LogP contribution in [-0.2, 0) is 4.74 Å². The van der Waals surface area contributed by atoms with Crippen LogP contribution >= 0.6 is 0 Å². The van der Waals surface area contributed by atoms with E-state index in [0.29, 0.717) is 13.2 Å². The van der Waals surface area contributed by atoms with Crippen LogP contribution < -0.4 is 9.47 Å². The summed E-state index contributed by atoms with van der Waals surface area (Å²) in [5, 5.41) is 0. The Hall–Kier alpha value is -1.26. The molecule has 0 aliphatic rings. The third-order valence-corrected chi connectivity index (χ3v) is 3.00. The highest BCUT2D eigenvalue weighted by atomic mass is 16.5. The lowest BCUT2D eigenvalue weighted by molar-refractivity contribution is 0.0811. The largest absolute Gasteiger partial charge is 0.493 e. The molecule has 1 rings (SSSR count). The summed E-state index contributed by atoms with van der Waals surface area (Å²) in [7, 11) is 1.64. The summed E-state index contributed by atoms with van der Waals surface area (Å²) in [4.78, 5) is 2.33. The van der Waals surface area contributed by atoms with Crippen molar-refractivity contribution in [3.05, 3.63) is 24.3 Å². The Morgan fingerprint density at radius 3 is 2.26 bits per heavy atom. The third kappa shape index (κ3) is 5.94. The Morgan fingerprint density at radius 2 is 1.63 bits per heavy atom. The fraction of sp³-hybridized carbons (Fsp3) is 0.600. The fourth-order valence-electron chi connectivity index (χ4n) is 1.78. The van der Waals surface area contributed by atoms with Crippen LogP contribution in [0, 0.1) is 0 Å². The number of hydrogen-bond donors (Lipinski definition) is 0. The number of likely N-dealkylation sites (N-methyl/N-ethyl adjacent to an activating group) is 1. The molecule has 1 aromatic carbocycles. The molecule has 0 fully saturated rings. The summed E-state index contributed by atoms with van der Waals surface area (Å²) in [5.41, 5.74) is 0. The van der Waals surface area contributed by atoms with Gasteiger partial charge in [0.1, 0.15) is 6.61 Å². The smallest absolute Gasteiger partial charge is 0.161 e. The molecule has 0 radical (unpaired) electrons. The fourth-order valence-corrected chi connectivity index (χ4v) is 1.78. The first kappa shape index (κ1) is 15.8. The van der Waals surface area contributed by atoms with Crippen molar-refractivity contribution in [1.29, 1.82) is 0 Å². The molecule has 0 unspecified atom stereocenters. The van der Waals surface area contributed by atoms with Crippen molar-refractivity contribution in [3.63, 3.8) is 0 Å². The van der Waals surface area contributed by atoms with Crippen molar-refractivity contribution in [2.45, 2.75) is 13.8 Å². The van der Waals surface area contributed by atoms with Gasteiger partial charge >= 0.3 is 0 Å². The van der Waals surface area contributed by atoms with Gasteiger partial charge in [0.25, 0.3) is 0 Å². The third-order valence-electron chi connectivity index (χ3n) is 3.00. The molecule has 19 heavy (non-hydrogen) atoms. The normalized spacial score (nSPS) is 10.7. The lowest BCUT2D eigenvalue weighted by Gasteiger charge is -2.17. The number of rotatable bonds is 10. The highest BCUT2D eigenvalue weighted by Gasteiger charge is 2.02. The molecule has 4 nitrogen and oxygen atoms in total. The maximum Gasteiger partial charge on any atom is 0.161 e. The lowest BCUT2D eigenvalue weighted by Crippen LogP contribution is -2.27. The second kappa shape index (κ2) is 9.64. The number of hydrogen-bond acceptors (Lipinski definition) is 4. The molecule has 4 heteroatoms. The van der Waals surface area contributed by atoms with Gasteiger partial charge in [-0.25, -0.2) is 0 Å². The molecule has 1 aromatic rings. The number of nitrogens with zero attached hydrogens (tertiary/aromatic N) is 1. The van der Waals surface area contributed by atoms with E-state index in [9.17, 15) is 0 Å². The van der Waals surface area contributed by atoms with Crippen LogP contribution in [0.15, 0.2) is 24.3 Å². The number of benzene rings is 1. The molecular weight excluding hydrogens is 242 g/mol. The summed E-state index contributed by atoms with van der Waals surface area (Å²) in [5.74, 6) is 1.52. The number of ether oxygens (including phenoxy) is 3. The average molecular weight is 267 g/mol. The molecule has 0 saturated heterocycles. The van der Waals surface area contributed by atoms with Gasteiger partial charge in [-0.3, -0.25) is 0 Å². The minimum atomic E-state index is 0.540. The maximum absolute atomic E-state index is 5.62. The van der Waals surface area contributed by atoms with E-state index in [-0.39, 0.29) is 0 Å². The molecule has 0 aliphatic carbocycles. The Labute approximate surface area is 116 Å². The van der Waals surface area contributed by atoms with Gasteiger partial charge in [0.05, 0.1) is 20.3 Å². The molecular formula is C15H25NO3. The first-order chi connectivity index (χ1) is 9.31. The van der Waals surface area contributed by atoms with Crippen LogP contribution in [0.1, 0.15) is 13.8 Å². The van der Waals surface area contributed by atoms with Crippen LogP contribution in [-0.4, -0.2) is 51.5 Å². The van der Waals surface area contributed by atoms with Crippen LogP contribution in [0.25, 0.3) is 0 Å². The van der Waals surface area contributed by atoms with Crippen molar-refractivity contribution in [1.82, 2.24) is 4.90 Å². The molecule has 108 valence electrons. The standard InChI is InChI=1S/C15H25NO3/c1-4-16(5-2)10-11-18-12-13-19-15-9-7-6-8-14(15)17-3/h6-9H,4-5,10-13H2,1-3H3. The van der Waals surface area contributed by atoms with E-state index in [4.69, 9.17) is 14.2 Å². The molecule has 0 saturated carbocycles. The van der Waals surface area contributed by atoms with Crippen LogP contribution in [0.5, 0.6) is 11.5 Å². The molecule has 0 bridgehead atoms. The van der Waals surface area contributed by atoms with Crippen molar-refractivity contribution in [2.75, 3.05) is 46.6 Å². The zero-order chi connectivity index (χ0) is 13.9. The summed E-state index contributed by atoms with van der Waals surface area (Å²) in [6.45, 7) is 9.31. The summed E-state index contributed by atoms with van der Waals surface area (Å²) in [6.07, 6.45) is 0. The van der Waals surface area contributed by atoms with E-state index >= 15 is 0 Å². The molecule has 0 spiro atoms. The van der Waals surface area contributed by atoms with Crippen LogP contribution in [0.2, 0.25) is 0 Å². The van der Waals surface area contributed by atoms with Crippen molar-refractivity contribution >= 4 is 0 Å². The Balaban J connectivity index is 2.14. The minimum Gasteiger partial charge on any atom is -0.493 e. The SMILES string of the molecule is CCN(CC)CCOCCOc1ccccc1OC. The van der Waals surface area contributed by atoms with Crippen LogP contribution in [0.3, 0.4) is 0 Å². The van der Waals surface area contributed by atoms with E-state index in [1.165, 1.54) is 0 Å². The van der Waals surface area contributed by atoms with E-state index in [0.717, 1.165) is 37.7 Å². The number of methoxy groups -OCH3 is 1. The number of para-hydroxylation sites is 2. The molecule has 0 aromatic heterocycles. The quantitative estimate of drug-likeness (QED) is 0.609. The first-order valence-corrected chi connectivity index (χ1v) is 6.87. The highest BCUT2D eigenvalue weighted by molar-refractivity contribution is 5.39. The Morgan fingerprint density at radius 1 is 0.947 bits per heavy atom. The summed E-state index contributed by atoms with van der Waals surface area (Å²) < 4.78 is 16.4. The molecule has 0 amide bonds. The second-order valence-electron chi connectivity index (χ2n) is 4.14. The summed E-state index contributed by atoms with van der Waals surface area (Å²) in [6, 6.07) is 7.64. The minimum absolute atomic E-state index is 0.540. The monoisotopic (exact) mass is 267 g/mol. The van der Waals surface area contributed by atoms with Crippen LogP contribution in [0.4, 0.5) is 0 Å². The van der Waals surface area contributed by atoms with Gasteiger partial charge in [0, 0.05) is 6.54 Å². The Kier molecular flexibility index (Phi) is 8.02. The zero-order valence-corrected chi connectivity index (χ0v) is 12.2. The topological polar surface area (TPSA) is 30.9 Å². The summed E-state index contributed by atoms with van der Waals surface area (Å²) >= 11 is 0. The van der Waals surface area contributed by atoms with E-state index in [1.54, 1.807) is 7.11 Å². The maximum atomic E-state index is 5.62. The van der Waals surface area contributed by atoms with Crippen molar-refractivity contribution in [2.24, 2.45) is 0 Å². The highest BCUT2D eigenvalue weighted by Crippen LogP contribution is 2.25. The lowest BCUT2D eigenvalue weighted by atomic mass is 10.3. The predicted molar refractivity (Wildman–Crippen MR) is 77.1 cm³/mol. The van der Waals surface area contributed by atoms with Gasteiger partial charge in [-0.15, -0.1) is 0 Å². The van der Waals surface area contributed by atoms with Gasteiger partial charge in [0.2, 0.25) is 0 Å². The van der Waals surface area contributed by atoms with E-state index in [2.05, 4.69) is 18.7 Å². The van der Waals surface area contributed by atoms with Crippen molar-refractivity contribution in [3.8, 4) is 11.5 Å². The van der Waals surface area contributed by atoms with E-state index < -0.39 is 0 Å². The first-order valence-electron chi connectivity index (χ1n) is 6.87. The predicted octanol–water partition coefficient (Wildman–Crippen LogP) is 2.43. The molecule has 0 heterocycles. The van der Waals surface area contributed by atoms with Gasteiger partial charge < -0.3 is 19.1 Å². The zero-order valence-electron chi connectivity index (χ0n) is 12.2. The Bertz CT molecular complexity index is 340. The average Bonchev–Trinajstić information content (AvgIpc) is 2.47. The van der Waals surface area contributed by atoms with E-state index in [1.807, 2.05) is 24.3 Å². The van der Waals surface area contributed by atoms with Gasteiger partial charge in [-0.1, -0.05) is 26.0 Å². The van der Waals surface area contributed by atoms with Crippen molar-refractivity contribution < 1.29 is 14.2 Å². The van der Waals surface area contributed by atoms with Gasteiger partial charge in [-0.05, 0) is 25.2 Å². The van der Waals surface area contributed by atoms with Gasteiger partial charge in [0.15, 0.2) is 11.5 Å². The second-order valence-corrected chi connectivity index (χ2v) is 4.14. The molecule has 0 aliphatic heterocycles. The molecule has 0 N–H and O–H groups in total. The van der Waals surface area contributed by atoms with Gasteiger partial charge in [-0.2, -0.15) is 0 Å². The molecule has 0 atom stereocenters.